The Bertz CT molecular complexity index is 162. The van der Waals surface area contributed by atoms with E-state index in [0.29, 0.717) is 11.7 Å². The van der Waals surface area contributed by atoms with E-state index in [1.807, 2.05) is 0 Å². The first-order valence-corrected chi connectivity index (χ1v) is 4.89. The Morgan fingerprint density at radius 3 is 2.82 bits per heavy atom. The molecule has 2 saturated carbocycles. The first kappa shape index (κ1) is 7.33. The first-order valence-electron chi connectivity index (χ1n) is 4.89. The van der Waals surface area contributed by atoms with E-state index < -0.39 is 0 Å². The Hall–Kier alpha value is -0.330. The van der Waals surface area contributed by atoms with Gasteiger partial charge in [0.25, 0.3) is 0 Å². The van der Waals surface area contributed by atoms with Crippen LogP contribution in [0.3, 0.4) is 0 Å². The van der Waals surface area contributed by atoms with E-state index in [9.17, 15) is 4.79 Å². The molecule has 0 amide bonds. The third-order valence-electron chi connectivity index (χ3n) is 3.27. The molecule has 2 aliphatic carbocycles. The van der Waals surface area contributed by atoms with Crippen LogP contribution in [0.25, 0.3) is 0 Å². The van der Waals surface area contributed by atoms with Gasteiger partial charge in [-0.1, -0.05) is 19.3 Å². The number of carbonyl (C=O) groups is 1. The molecule has 2 rings (SSSR count). The van der Waals surface area contributed by atoms with Gasteiger partial charge in [-0.3, -0.25) is 4.79 Å². The van der Waals surface area contributed by atoms with E-state index in [2.05, 4.69) is 0 Å². The molecule has 0 aromatic carbocycles. The Balaban J connectivity index is 2.07. The summed E-state index contributed by atoms with van der Waals surface area (Å²) in [7, 11) is 0. The highest BCUT2D eigenvalue weighted by Crippen LogP contribution is 2.36. The van der Waals surface area contributed by atoms with Gasteiger partial charge in [0.05, 0.1) is 0 Å². The molecule has 0 aliphatic heterocycles. The summed E-state index contributed by atoms with van der Waals surface area (Å²) >= 11 is 0. The number of ketones is 1. The predicted octanol–water partition coefficient (Wildman–Crippen LogP) is 2.55. The standard InChI is InChI=1S/C10H16O/c11-10-6-2-4-8-3-1-5-9(10)7-8/h8-9H,1-7H2. The summed E-state index contributed by atoms with van der Waals surface area (Å²) in [6.07, 6.45) is 8.47. The van der Waals surface area contributed by atoms with Crippen molar-refractivity contribution in [2.75, 3.05) is 0 Å². The van der Waals surface area contributed by atoms with E-state index in [0.717, 1.165) is 12.3 Å². The van der Waals surface area contributed by atoms with Crippen LogP contribution in [0.5, 0.6) is 0 Å². The fourth-order valence-electron chi connectivity index (χ4n) is 2.61. The van der Waals surface area contributed by atoms with Gasteiger partial charge in [0.15, 0.2) is 0 Å². The van der Waals surface area contributed by atoms with Crippen LogP contribution in [0.15, 0.2) is 0 Å². The highest BCUT2D eigenvalue weighted by Gasteiger charge is 2.29. The van der Waals surface area contributed by atoms with Gasteiger partial charge in [-0.2, -0.15) is 0 Å². The van der Waals surface area contributed by atoms with Gasteiger partial charge >= 0.3 is 0 Å². The van der Waals surface area contributed by atoms with E-state index in [1.54, 1.807) is 0 Å². The minimum absolute atomic E-state index is 0.469. The Labute approximate surface area is 68.2 Å². The van der Waals surface area contributed by atoms with Crippen molar-refractivity contribution in [3.63, 3.8) is 0 Å². The van der Waals surface area contributed by atoms with Crippen molar-refractivity contribution in [2.45, 2.75) is 44.9 Å². The van der Waals surface area contributed by atoms with Crippen molar-refractivity contribution in [1.82, 2.24) is 0 Å². The van der Waals surface area contributed by atoms with E-state index in [1.165, 1.54) is 38.5 Å². The molecule has 0 heterocycles. The number of rotatable bonds is 0. The molecule has 1 heteroatoms. The molecule has 0 N–H and O–H groups in total. The van der Waals surface area contributed by atoms with E-state index >= 15 is 0 Å². The van der Waals surface area contributed by atoms with Crippen LogP contribution in [-0.4, -0.2) is 5.78 Å². The Kier molecular flexibility index (Phi) is 1.97. The highest BCUT2D eigenvalue weighted by atomic mass is 16.1. The Morgan fingerprint density at radius 2 is 1.91 bits per heavy atom. The van der Waals surface area contributed by atoms with Crippen molar-refractivity contribution in [2.24, 2.45) is 11.8 Å². The minimum atomic E-state index is 0.469. The molecule has 2 fully saturated rings. The summed E-state index contributed by atoms with van der Waals surface area (Å²) in [5, 5.41) is 0. The molecule has 11 heavy (non-hydrogen) atoms. The third kappa shape index (κ3) is 1.47. The fourth-order valence-corrected chi connectivity index (χ4v) is 2.61. The van der Waals surface area contributed by atoms with Crippen LogP contribution < -0.4 is 0 Å². The van der Waals surface area contributed by atoms with Gasteiger partial charge in [-0.25, -0.2) is 0 Å². The molecule has 0 aromatic heterocycles. The second kappa shape index (κ2) is 2.96. The average molecular weight is 152 g/mol. The number of hydrogen-bond acceptors (Lipinski definition) is 1. The van der Waals surface area contributed by atoms with Gasteiger partial charge in [0.1, 0.15) is 5.78 Å². The fraction of sp³-hybridized carbons (Fsp3) is 0.900. The molecule has 2 atom stereocenters. The van der Waals surface area contributed by atoms with Crippen molar-refractivity contribution < 1.29 is 4.79 Å². The zero-order valence-corrected chi connectivity index (χ0v) is 7.01. The number of Topliss-reactive ketones (excluding diaryl/α,β-unsaturated/α-hetero) is 1. The summed E-state index contributed by atoms with van der Waals surface area (Å²) in [5.41, 5.74) is 0. The summed E-state index contributed by atoms with van der Waals surface area (Å²) < 4.78 is 0. The monoisotopic (exact) mass is 152 g/mol. The van der Waals surface area contributed by atoms with E-state index in [4.69, 9.17) is 0 Å². The normalized spacial score (nSPS) is 38.4. The molecular weight excluding hydrogens is 136 g/mol. The van der Waals surface area contributed by atoms with Crippen LogP contribution in [0.1, 0.15) is 44.9 Å². The lowest BCUT2D eigenvalue weighted by molar-refractivity contribution is -0.123. The molecule has 0 radical (unpaired) electrons. The molecular formula is C10H16O. The van der Waals surface area contributed by atoms with Crippen LogP contribution in [0.2, 0.25) is 0 Å². The van der Waals surface area contributed by atoms with Crippen LogP contribution in [0.4, 0.5) is 0 Å². The summed E-state index contributed by atoms with van der Waals surface area (Å²) in [6.45, 7) is 0. The van der Waals surface area contributed by atoms with E-state index in [-0.39, 0.29) is 0 Å². The molecule has 0 spiro atoms. The van der Waals surface area contributed by atoms with Crippen molar-refractivity contribution >= 4 is 5.78 Å². The van der Waals surface area contributed by atoms with Gasteiger partial charge in [-0.15, -0.1) is 0 Å². The largest absolute Gasteiger partial charge is 0.299 e. The average Bonchev–Trinajstić information content (AvgIpc) is 2.14. The lowest BCUT2D eigenvalue weighted by atomic mass is 9.80. The molecule has 0 saturated heterocycles. The molecule has 1 nitrogen and oxygen atoms in total. The maximum absolute atomic E-state index is 11.4. The summed E-state index contributed by atoms with van der Waals surface area (Å²) in [5.74, 6) is 1.93. The number of fused-ring (bicyclic) bond motifs is 2. The molecule has 2 aliphatic rings. The maximum Gasteiger partial charge on any atom is 0.135 e. The van der Waals surface area contributed by atoms with Crippen LogP contribution in [0, 0.1) is 11.8 Å². The molecule has 62 valence electrons. The van der Waals surface area contributed by atoms with Crippen molar-refractivity contribution in [3.05, 3.63) is 0 Å². The maximum atomic E-state index is 11.4. The highest BCUT2D eigenvalue weighted by molar-refractivity contribution is 5.81. The lowest BCUT2D eigenvalue weighted by Gasteiger charge is -2.24. The van der Waals surface area contributed by atoms with Gasteiger partial charge in [0.2, 0.25) is 0 Å². The zero-order chi connectivity index (χ0) is 7.68. The van der Waals surface area contributed by atoms with Crippen molar-refractivity contribution in [3.8, 4) is 0 Å². The predicted molar refractivity (Wildman–Crippen MR) is 44.3 cm³/mol. The smallest absolute Gasteiger partial charge is 0.135 e. The van der Waals surface area contributed by atoms with Gasteiger partial charge < -0.3 is 0 Å². The minimum Gasteiger partial charge on any atom is -0.299 e. The summed E-state index contributed by atoms with van der Waals surface area (Å²) in [6, 6.07) is 0. The third-order valence-corrected chi connectivity index (χ3v) is 3.27. The van der Waals surface area contributed by atoms with Gasteiger partial charge in [-0.05, 0) is 25.2 Å². The second-order valence-corrected chi connectivity index (χ2v) is 4.09. The Morgan fingerprint density at radius 1 is 1.09 bits per heavy atom. The zero-order valence-electron chi connectivity index (χ0n) is 7.01. The van der Waals surface area contributed by atoms with Crippen LogP contribution >= 0.6 is 0 Å². The lowest BCUT2D eigenvalue weighted by Crippen LogP contribution is -2.19. The van der Waals surface area contributed by atoms with Crippen molar-refractivity contribution in [1.29, 1.82) is 0 Å². The molecule has 0 aromatic rings. The number of carbonyl (C=O) groups excluding carboxylic acids is 1. The van der Waals surface area contributed by atoms with Crippen LogP contribution in [-0.2, 0) is 4.79 Å². The first-order chi connectivity index (χ1) is 5.36. The quantitative estimate of drug-likeness (QED) is 0.521. The number of hydrogen-bond donors (Lipinski definition) is 0. The topological polar surface area (TPSA) is 17.1 Å². The molecule has 2 bridgehead atoms. The second-order valence-electron chi connectivity index (χ2n) is 4.09. The molecule has 2 unspecified atom stereocenters. The summed E-state index contributed by atoms with van der Waals surface area (Å²) in [4.78, 5) is 11.4. The van der Waals surface area contributed by atoms with Gasteiger partial charge in [0, 0.05) is 12.3 Å². The SMILES string of the molecule is O=C1CCCC2CCCC1C2.